The van der Waals surface area contributed by atoms with Crippen molar-refractivity contribution in [3.63, 3.8) is 0 Å². The molecule has 1 aliphatic carbocycles. The lowest BCUT2D eigenvalue weighted by Crippen LogP contribution is -2.24. The monoisotopic (exact) mass is 752 g/mol. The molecule has 59 heavy (non-hydrogen) atoms. The Bertz CT molecular complexity index is 3770. The molecule has 0 radical (unpaired) electrons. The van der Waals surface area contributed by atoms with Crippen LogP contribution in [0.25, 0.3) is 110 Å². The van der Waals surface area contributed by atoms with Crippen LogP contribution in [0.1, 0.15) is 25.0 Å². The summed E-state index contributed by atoms with van der Waals surface area (Å²) in [6.45, 7) is 4.63. The molecule has 4 nitrogen and oxygen atoms in total. The zero-order valence-electron chi connectivity index (χ0n) is 32.6. The van der Waals surface area contributed by atoms with Crippen LogP contribution < -0.4 is 0 Å². The average Bonchev–Trinajstić information content (AvgIpc) is 3.80. The molecular formula is C55H36N4. The first-order chi connectivity index (χ1) is 29.0. The van der Waals surface area contributed by atoms with Crippen molar-refractivity contribution in [3.05, 3.63) is 193 Å². The van der Waals surface area contributed by atoms with Crippen molar-refractivity contribution in [3.8, 4) is 34.0 Å². The summed E-state index contributed by atoms with van der Waals surface area (Å²) >= 11 is 0. The quantitative estimate of drug-likeness (QED) is 0.180. The van der Waals surface area contributed by atoms with Gasteiger partial charge in [-0.25, -0.2) is 9.97 Å². The maximum Gasteiger partial charge on any atom is 0.235 e. The molecule has 13 rings (SSSR count). The molecule has 0 saturated carbocycles. The third kappa shape index (κ3) is 4.49. The first kappa shape index (κ1) is 32.5. The minimum atomic E-state index is -0.162. The molecule has 9 aromatic carbocycles. The molecule has 0 N–H and O–H groups in total. The van der Waals surface area contributed by atoms with Crippen LogP contribution in [0.4, 0.5) is 0 Å². The van der Waals surface area contributed by atoms with Crippen LogP contribution >= 0.6 is 0 Å². The fourth-order valence-electron chi connectivity index (χ4n) is 10.3. The molecule has 0 amide bonds. The first-order valence-electron chi connectivity index (χ1n) is 20.4. The fourth-order valence-corrected chi connectivity index (χ4v) is 10.3. The lowest BCUT2D eigenvalue weighted by molar-refractivity contribution is 0.643. The zero-order valence-corrected chi connectivity index (χ0v) is 32.6. The maximum absolute atomic E-state index is 5.50. The van der Waals surface area contributed by atoms with Gasteiger partial charge in [0.25, 0.3) is 0 Å². The Morgan fingerprint density at radius 1 is 0.407 bits per heavy atom. The van der Waals surface area contributed by atoms with E-state index >= 15 is 0 Å². The molecule has 276 valence electrons. The van der Waals surface area contributed by atoms with Gasteiger partial charge >= 0.3 is 0 Å². The van der Waals surface area contributed by atoms with E-state index in [2.05, 4.69) is 205 Å². The van der Waals surface area contributed by atoms with Crippen molar-refractivity contribution >= 4 is 76.1 Å². The average molecular weight is 753 g/mol. The summed E-state index contributed by atoms with van der Waals surface area (Å²) in [5, 5.41) is 10.9. The number of benzene rings is 9. The fraction of sp³-hybridized carbons (Fsp3) is 0.0545. The summed E-state index contributed by atoms with van der Waals surface area (Å²) in [7, 11) is 0. The summed E-state index contributed by atoms with van der Waals surface area (Å²) in [5.41, 5.74) is 13.6. The van der Waals surface area contributed by atoms with E-state index in [-0.39, 0.29) is 5.41 Å². The predicted octanol–water partition coefficient (Wildman–Crippen LogP) is 14.1. The molecule has 12 aromatic rings. The molecule has 0 fully saturated rings. The van der Waals surface area contributed by atoms with Gasteiger partial charge in [-0.3, -0.25) is 4.57 Å². The standard InChI is InChI=1S/C55H36N4/c1-55(2)44-18-9-7-17-41(44)53-52-45(55)19-11-20-46(52)56-54(57-53)59-49-28-25-37(32-43(49)51-39-15-6-5-13-34(39)23-29-50(51)59)36-24-27-48-42(31-36)40-16-8-10-21-47(40)58(48)38-26-22-33-12-3-4-14-35(33)30-38/h3-32H,1-2H3. The number of aromatic nitrogens is 4. The van der Waals surface area contributed by atoms with Gasteiger partial charge in [0.1, 0.15) is 0 Å². The first-order valence-corrected chi connectivity index (χ1v) is 20.4. The highest BCUT2D eigenvalue weighted by Gasteiger charge is 2.35. The lowest BCUT2D eigenvalue weighted by atomic mass is 9.70. The van der Waals surface area contributed by atoms with E-state index in [9.17, 15) is 0 Å². The summed E-state index contributed by atoms with van der Waals surface area (Å²) in [6.07, 6.45) is 0. The van der Waals surface area contributed by atoms with Crippen molar-refractivity contribution in [1.29, 1.82) is 0 Å². The second kappa shape index (κ2) is 11.7. The molecule has 0 bridgehead atoms. The van der Waals surface area contributed by atoms with Crippen LogP contribution in [-0.2, 0) is 5.41 Å². The Kier molecular flexibility index (Phi) is 6.48. The van der Waals surface area contributed by atoms with Crippen LogP contribution in [-0.4, -0.2) is 19.1 Å². The molecule has 0 unspecified atom stereocenters. The third-order valence-corrected chi connectivity index (χ3v) is 13.1. The minimum absolute atomic E-state index is 0.162. The van der Waals surface area contributed by atoms with Gasteiger partial charge < -0.3 is 4.57 Å². The summed E-state index contributed by atoms with van der Waals surface area (Å²) in [6, 6.07) is 66.5. The van der Waals surface area contributed by atoms with Gasteiger partial charge in [0, 0.05) is 43.6 Å². The summed E-state index contributed by atoms with van der Waals surface area (Å²) in [4.78, 5) is 10.9. The predicted molar refractivity (Wildman–Crippen MR) is 246 cm³/mol. The molecule has 0 spiro atoms. The molecule has 0 aliphatic heterocycles. The maximum atomic E-state index is 5.50. The number of nitrogens with zero attached hydrogens (tertiary/aromatic N) is 4. The van der Waals surface area contributed by atoms with Crippen LogP contribution in [0.15, 0.2) is 182 Å². The van der Waals surface area contributed by atoms with Gasteiger partial charge in [-0.1, -0.05) is 141 Å². The van der Waals surface area contributed by atoms with Gasteiger partial charge in [0.2, 0.25) is 5.95 Å². The van der Waals surface area contributed by atoms with Crippen molar-refractivity contribution in [2.45, 2.75) is 19.3 Å². The Labute approximate surface area is 340 Å². The number of fused-ring (bicyclic) bond motifs is 11. The SMILES string of the molecule is CC1(C)c2ccccc2-c2nc(-n3c4ccc(-c5ccc6c(c5)c5ccccc5n6-c5ccc6ccccc6c5)cc4c4c5ccccc5ccc43)nc3cccc1c23. The van der Waals surface area contributed by atoms with Gasteiger partial charge in [-0.05, 0) is 98.4 Å². The van der Waals surface area contributed by atoms with Crippen LogP contribution in [0.5, 0.6) is 0 Å². The normalized spacial score (nSPS) is 13.4. The van der Waals surface area contributed by atoms with E-state index in [1.165, 1.54) is 81.9 Å². The van der Waals surface area contributed by atoms with E-state index in [1.807, 2.05) is 0 Å². The molecule has 0 atom stereocenters. The van der Waals surface area contributed by atoms with Gasteiger partial charge in [-0.15, -0.1) is 0 Å². The van der Waals surface area contributed by atoms with Crippen molar-refractivity contribution in [2.75, 3.05) is 0 Å². The molecule has 3 aromatic heterocycles. The van der Waals surface area contributed by atoms with E-state index in [4.69, 9.17) is 9.97 Å². The Hall–Kier alpha value is -7.56. The molecule has 3 heterocycles. The number of hydrogen-bond acceptors (Lipinski definition) is 2. The Morgan fingerprint density at radius 3 is 1.92 bits per heavy atom. The van der Waals surface area contributed by atoms with Crippen molar-refractivity contribution in [1.82, 2.24) is 19.1 Å². The van der Waals surface area contributed by atoms with E-state index in [0.717, 1.165) is 33.3 Å². The highest BCUT2D eigenvalue weighted by atomic mass is 15.2. The molecule has 1 aliphatic rings. The second-order valence-corrected chi connectivity index (χ2v) is 16.6. The third-order valence-electron chi connectivity index (χ3n) is 13.1. The zero-order chi connectivity index (χ0) is 39.0. The second-order valence-electron chi connectivity index (χ2n) is 16.6. The van der Waals surface area contributed by atoms with E-state index in [1.54, 1.807) is 0 Å². The summed E-state index contributed by atoms with van der Waals surface area (Å²) in [5.74, 6) is 0.685. The highest BCUT2D eigenvalue weighted by Crippen LogP contribution is 2.48. The highest BCUT2D eigenvalue weighted by molar-refractivity contribution is 6.22. The van der Waals surface area contributed by atoms with E-state index < -0.39 is 0 Å². The van der Waals surface area contributed by atoms with Crippen molar-refractivity contribution in [2.24, 2.45) is 0 Å². The topological polar surface area (TPSA) is 35.6 Å². The lowest BCUT2D eigenvalue weighted by Gasteiger charge is -2.34. The number of hydrogen-bond donors (Lipinski definition) is 0. The van der Waals surface area contributed by atoms with Crippen LogP contribution in [0.3, 0.4) is 0 Å². The minimum Gasteiger partial charge on any atom is -0.309 e. The van der Waals surface area contributed by atoms with Gasteiger partial charge in [0.15, 0.2) is 0 Å². The van der Waals surface area contributed by atoms with Crippen molar-refractivity contribution < 1.29 is 0 Å². The largest absolute Gasteiger partial charge is 0.309 e. The Morgan fingerprint density at radius 2 is 1.05 bits per heavy atom. The number of para-hydroxylation sites is 1. The smallest absolute Gasteiger partial charge is 0.235 e. The molecular weight excluding hydrogens is 717 g/mol. The van der Waals surface area contributed by atoms with Gasteiger partial charge in [0.05, 0.1) is 33.3 Å². The number of rotatable bonds is 3. The summed E-state index contributed by atoms with van der Waals surface area (Å²) < 4.78 is 4.69. The Balaban J connectivity index is 1.05. The van der Waals surface area contributed by atoms with Crippen LogP contribution in [0.2, 0.25) is 0 Å². The molecule has 4 heteroatoms. The molecule has 0 saturated heterocycles. The van der Waals surface area contributed by atoms with Gasteiger partial charge in [-0.2, -0.15) is 0 Å². The van der Waals surface area contributed by atoms with Crippen LogP contribution in [0, 0.1) is 0 Å². The van der Waals surface area contributed by atoms with E-state index in [0.29, 0.717) is 5.95 Å².